The van der Waals surface area contributed by atoms with Gasteiger partial charge < -0.3 is 4.74 Å². The number of alkyl halides is 3. The number of hydrogen-bond acceptors (Lipinski definition) is 4. The highest BCUT2D eigenvalue weighted by Gasteiger charge is 2.31. The van der Waals surface area contributed by atoms with Gasteiger partial charge in [-0.05, 0) is 36.2 Å². The molecule has 22 heavy (non-hydrogen) atoms. The molecule has 0 saturated heterocycles. The third-order valence-corrected chi connectivity index (χ3v) is 3.17. The molecule has 2 rings (SSSR count). The molecular formula is C14H12ClF3N2O2. The van der Waals surface area contributed by atoms with Gasteiger partial charge in [-0.1, -0.05) is 17.7 Å². The molecule has 0 amide bonds. The molecule has 0 aliphatic rings. The topological polar surface area (TPSA) is 57.4 Å². The van der Waals surface area contributed by atoms with Crippen molar-refractivity contribution in [1.82, 2.24) is 4.98 Å². The van der Waals surface area contributed by atoms with Crippen molar-refractivity contribution in [1.29, 1.82) is 0 Å². The Labute approximate surface area is 129 Å². The summed E-state index contributed by atoms with van der Waals surface area (Å²) in [6, 6.07) is 5.81. The second kappa shape index (κ2) is 6.51. The fourth-order valence-corrected chi connectivity index (χ4v) is 1.96. The Balaban J connectivity index is 2.22. The highest BCUT2D eigenvalue weighted by atomic mass is 35.5. The van der Waals surface area contributed by atoms with Crippen LogP contribution in [0, 0.1) is 6.92 Å². The molecule has 118 valence electrons. The Kier molecular flexibility index (Phi) is 4.90. The number of rotatable bonds is 4. The summed E-state index contributed by atoms with van der Waals surface area (Å²) < 4.78 is 43.0. The predicted molar refractivity (Wildman–Crippen MR) is 74.5 cm³/mol. The third kappa shape index (κ3) is 3.88. The van der Waals surface area contributed by atoms with Gasteiger partial charge in [-0.3, -0.25) is 4.84 Å². The first kappa shape index (κ1) is 16.5. The number of hydrogen-bond donors (Lipinski definition) is 1. The van der Waals surface area contributed by atoms with E-state index in [2.05, 4.69) is 9.82 Å². The molecule has 1 aromatic heterocycles. The Bertz CT molecular complexity index is 678. The summed E-state index contributed by atoms with van der Waals surface area (Å²) in [4.78, 5) is 8.16. The van der Waals surface area contributed by atoms with Gasteiger partial charge in [0.15, 0.2) is 0 Å². The summed E-state index contributed by atoms with van der Waals surface area (Å²) >= 11 is 5.78. The van der Waals surface area contributed by atoms with Crippen molar-refractivity contribution in [3.05, 3.63) is 52.2 Å². The van der Waals surface area contributed by atoms with E-state index < -0.39 is 11.7 Å². The van der Waals surface area contributed by atoms with Crippen LogP contribution in [0.5, 0.6) is 11.6 Å². The van der Waals surface area contributed by atoms with Crippen molar-refractivity contribution >= 4 is 11.6 Å². The van der Waals surface area contributed by atoms with Gasteiger partial charge in [0.1, 0.15) is 10.8 Å². The molecule has 2 N–H and O–H groups in total. The van der Waals surface area contributed by atoms with E-state index in [1.807, 2.05) is 6.92 Å². The van der Waals surface area contributed by atoms with Crippen molar-refractivity contribution in [2.75, 3.05) is 0 Å². The minimum atomic E-state index is -4.50. The molecule has 4 nitrogen and oxygen atoms in total. The summed E-state index contributed by atoms with van der Waals surface area (Å²) in [6.45, 7) is 2.06. The number of ether oxygens (including phenoxy) is 1. The smallest absolute Gasteiger partial charge is 0.417 e. The lowest BCUT2D eigenvalue weighted by atomic mass is 10.1. The highest BCUT2D eigenvalue weighted by molar-refractivity contribution is 6.31. The molecule has 0 aliphatic heterocycles. The molecule has 8 heteroatoms. The number of nitrogens with zero attached hydrogens (tertiary/aromatic N) is 1. The zero-order valence-electron chi connectivity index (χ0n) is 11.4. The summed E-state index contributed by atoms with van der Waals surface area (Å²) in [5, 5.41) is -0.221. The van der Waals surface area contributed by atoms with Crippen molar-refractivity contribution in [2.24, 2.45) is 5.90 Å². The van der Waals surface area contributed by atoms with E-state index in [1.54, 1.807) is 18.2 Å². The first-order valence-electron chi connectivity index (χ1n) is 6.13. The summed E-state index contributed by atoms with van der Waals surface area (Å²) in [7, 11) is 0. The predicted octanol–water partition coefficient (Wildman–Crippen LogP) is 4.24. The molecule has 0 aliphatic carbocycles. The number of halogens is 4. The number of aryl methyl sites for hydroxylation is 1. The Morgan fingerprint density at radius 1 is 1.27 bits per heavy atom. The molecule has 0 fully saturated rings. The molecule has 1 aromatic carbocycles. The zero-order valence-corrected chi connectivity index (χ0v) is 12.2. The minimum absolute atomic E-state index is 0.100. The Hall–Kier alpha value is -1.83. The second-order valence-electron chi connectivity index (χ2n) is 4.51. The van der Waals surface area contributed by atoms with E-state index >= 15 is 0 Å². The monoisotopic (exact) mass is 332 g/mol. The van der Waals surface area contributed by atoms with Crippen LogP contribution in [-0.4, -0.2) is 4.98 Å². The summed E-state index contributed by atoms with van der Waals surface area (Å²) in [5.74, 6) is 5.31. The van der Waals surface area contributed by atoms with Gasteiger partial charge in [0.2, 0.25) is 5.88 Å². The molecule has 0 unspecified atom stereocenters. The molecule has 0 radical (unpaired) electrons. The maximum absolute atomic E-state index is 12.5. The number of nitrogens with two attached hydrogens (primary N) is 1. The lowest BCUT2D eigenvalue weighted by Crippen LogP contribution is -2.06. The number of benzene rings is 1. The fraction of sp³-hybridized carbons (Fsp3) is 0.214. The van der Waals surface area contributed by atoms with Gasteiger partial charge >= 0.3 is 6.18 Å². The highest BCUT2D eigenvalue weighted by Crippen LogP contribution is 2.34. The van der Waals surface area contributed by atoms with Crippen LogP contribution < -0.4 is 10.6 Å². The van der Waals surface area contributed by atoms with Gasteiger partial charge in [-0.15, -0.1) is 0 Å². The van der Waals surface area contributed by atoms with E-state index in [1.165, 1.54) is 0 Å². The van der Waals surface area contributed by atoms with Crippen LogP contribution >= 0.6 is 11.6 Å². The van der Waals surface area contributed by atoms with E-state index in [4.69, 9.17) is 22.2 Å². The van der Waals surface area contributed by atoms with Crippen molar-refractivity contribution in [3.8, 4) is 11.6 Å². The van der Waals surface area contributed by atoms with Crippen LogP contribution in [-0.2, 0) is 17.6 Å². The zero-order chi connectivity index (χ0) is 16.3. The van der Waals surface area contributed by atoms with Crippen LogP contribution in [0.25, 0.3) is 0 Å². The van der Waals surface area contributed by atoms with E-state index in [0.29, 0.717) is 11.9 Å². The van der Waals surface area contributed by atoms with Crippen LogP contribution in [0.4, 0.5) is 13.2 Å². The van der Waals surface area contributed by atoms with E-state index in [0.717, 1.165) is 17.2 Å². The molecule has 1 heterocycles. The molecular weight excluding hydrogens is 321 g/mol. The van der Waals surface area contributed by atoms with Gasteiger partial charge in [-0.2, -0.15) is 13.2 Å². The normalized spacial score (nSPS) is 11.5. The average Bonchev–Trinajstić information content (AvgIpc) is 2.43. The minimum Gasteiger partial charge on any atom is -0.438 e. The van der Waals surface area contributed by atoms with Gasteiger partial charge in [0, 0.05) is 6.20 Å². The second-order valence-corrected chi connectivity index (χ2v) is 4.92. The lowest BCUT2D eigenvalue weighted by Gasteiger charge is -2.11. The first-order valence-corrected chi connectivity index (χ1v) is 6.51. The summed E-state index contributed by atoms with van der Waals surface area (Å²) in [5.41, 5.74) is 0.781. The van der Waals surface area contributed by atoms with E-state index in [9.17, 15) is 13.2 Å². The Morgan fingerprint density at radius 2 is 2.00 bits per heavy atom. The van der Waals surface area contributed by atoms with Gasteiger partial charge in [0.05, 0.1) is 12.2 Å². The van der Waals surface area contributed by atoms with E-state index in [-0.39, 0.29) is 17.5 Å². The van der Waals surface area contributed by atoms with Crippen molar-refractivity contribution < 1.29 is 22.7 Å². The molecule has 2 aromatic rings. The molecule has 0 atom stereocenters. The maximum Gasteiger partial charge on any atom is 0.417 e. The standard InChI is InChI=1S/C14H12ClF3N2O2/c1-8-4-11(3-2-9(8)7-21-19)22-13-12(15)5-10(6-20-13)14(16,17)18/h2-6H,7,19H2,1H3. The number of pyridine rings is 1. The van der Waals surface area contributed by atoms with Gasteiger partial charge in [0.25, 0.3) is 0 Å². The van der Waals surface area contributed by atoms with Crippen LogP contribution in [0.3, 0.4) is 0 Å². The average molecular weight is 333 g/mol. The van der Waals surface area contributed by atoms with Crippen LogP contribution in [0.1, 0.15) is 16.7 Å². The molecule has 0 bridgehead atoms. The molecule has 0 spiro atoms. The van der Waals surface area contributed by atoms with Crippen molar-refractivity contribution in [2.45, 2.75) is 19.7 Å². The van der Waals surface area contributed by atoms with Crippen molar-refractivity contribution in [3.63, 3.8) is 0 Å². The quantitative estimate of drug-likeness (QED) is 0.851. The lowest BCUT2D eigenvalue weighted by molar-refractivity contribution is -0.137. The summed E-state index contributed by atoms with van der Waals surface area (Å²) in [6.07, 6.45) is -3.83. The first-order chi connectivity index (χ1) is 10.3. The maximum atomic E-state index is 12.5. The fourth-order valence-electron chi connectivity index (χ4n) is 1.75. The van der Waals surface area contributed by atoms with Gasteiger partial charge in [-0.25, -0.2) is 10.9 Å². The number of aromatic nitrogens is 1. The SMILES string of the molecule is Cc1cc(Oc2ncc(C(F)(F)F)cc2Cl)ccc1CON. The Morgan fingerprint density at radius 3 is 2.55 bits per heavy atom. The molecule has 0 saturated carbocycles. The van der Waals surface area contributed by atoms with Crippen LogP contribution in [0.15, 0.2) is 30.5 Å². The van der Waals surface area contributed by atoms with Crippen LogP contribution in [0.2, 0.25) is 5.02 Å². The largest absolute Gasteiger partial charge is 0.438 e. The third-order valence-electron chi connectivity index (χ3n) is 2.90.